The van der Waals surface area contributed by atoms with Gasteiger partial charge in [-0.3, -0.25) is 10.1 Å². The Hall–Kier alpha value is -2.22. The minimum atomic E-state index is -0.541. The van der Waals surface area contributed by atoms with Crippen LogP contribution < -0.4 is 9.47 Å². The summed E-state index contributed by atoms with van der Waals surface area (Å²) in [7, 11) is 1.36. The molecule has 2 rings (SSSR count). The van der Waals surface area contributed by atoms with Gasteiger partial charge in [0.1, 0.15) is 12.1 Å². The third kappa shape index (κ3) is 2.97. The van der Waals surface area contributed by atoms with Gasteiger partial charge >= 0.3 is 5.69 Å². The first kappa shape index (κ1) is 13.2. The van der Waals surface area contributed by atoms with Gasteiger partial charge in [0.15, 0.2) is 5.75 Å². The predicted molar refractivity (Wildman–Crippen MR) is 69.5 cm³/mol. The van der Waals surface area contributed by atoms with E-state index in [0.29, 0.717) is 4.47 Å². The Kier molecular flexibility index (Phi) is 3.91. The fourth-order valence-electron chi connectivity index (χ4n) is 1.36. The largest absolute Gasteiger partial charge is 0.490 e. The summed E-state index contributed by atoms with van der Waals surface area (Å²) in [5.41, 5.74) is -0.176. The van der Waals surface area contributed by atoms with E-state index in [1.807, 2.05) is 0 Å². The molecule has 0 fully saturated rings. The molecule has 1 aromatic carbocycles. The lowest BCUT2D eigenvalue weighted by Crippen LogP contribution is -1.95. The summed E-state index contributed by atoms with van der Waals surface area (Å²) in [6, 6.07) is 4.29. The van der Waals surface area contributed by atoms with Gasteiger partial charge in [-0.15, -0.1) is 0 Å². The Labute approximate surface area is 116 Å². The molecule has 98 valence electrons. The zero-order valence-electron chi connectivity index (χ0n) is 9.74. The Morgan fingerprint density at radius 1 is 1.42 bits per heavy atom. The topological polar surface area (TPSA) is 87.4 Å². The first-order valence-electron chi connectivity index (χ1n) is 5.07. The molecule has 0 spiro atoms. The number of hydrogen-bond donors (Lipinski definition) is 0. The Bertz CT molecular complexity index is 621. The third-order valence-electron chi connectivity index (χ3n) is 2.20. The van der Waals surface area contributed by atoms with Crippen LogP contribution in [0.15, 0.2) is 35.2 Å². The molecule has 0 radical (unpaired) electrons. The van der Waals surface area contributed by atoms with Crippen LogP contribution in [0.25, 0.3) is 0 Å². The highest BCUT2D eigenvalue weighted by Crippen LogP contribution is 2.33. The van der Waals surface area contributed by atoms with E-state index >= 15 is 0 Å². The van der Waals surface area contributed by atoms with Crippen LogP contribution in [0.2, 0.25) is 0 Å². The number of benzene rings is 1. The zero-order valence-corrected chi connectivity index (χ0v) is 11.3. The number of rotatable bonds is 4. The van der Waals surface area contributed by atoms with E-state index < -0.39 is 4.92 Å². The number of aromatic nitrogens is 2. The predicted octanol–water partition coefficient (Wildman–Crippen LogP) is 2.95. The van der Waals surface area contributed by atoms with E-state index in [-0.39, 0.29) is 23.1 Å². The molecule has 0 saturated heterocycles. The van der Waals surface area contributed by atoms with E-state index in [9.17, 15) is 10.1 Å². The molecule has 0 aliphatic rings. The van der Waals surface area contributed by atoms with Crippen molar-refractivity contribution in [2.45, 2.75) is 0 Å². The molecule has 8 heteroatoms. The van der Waals surface area contributed by atoms with Gasteiger partial charge in [0, 0.05) is 6.20 Å². The molecule has 0 amide bonds. The van der Waals surface area contributed by atoms with Gasteiger partial charge in [0.25, 0.3) is 0 Å². The fourth-order valence-corrected chi connectivity index (χ4v) is 1.67. The van der Waals surface area contributed by atoms with Crippen LogP contribution in [0.1, 0.15) is 0 Å². The van der Waals surface area contributed by atoms with Crippen LogP contribution in [0.5, 0.6) is 17.4 Å². The summed E-state index contributed by atoms with van der Waals surface area (Å²) in [4.78, 5) is 18.0. The lowest BCUT2D eigenvalue weighted by atomic mass is 10.3. The summed E-state index contributed by atoms with van der Waals surface area (Å²) in [5, 5.41) is 10.9. The number of ether oxygens (including phenoxy) is 2. The minimum Gasteiger partial charge on any atom is -0.490 e. The standard InChI is InChI=1S/C11H8BrN3O4/c1-18-10-3-2-7(4-9(10)15(16)17)19-11-8(12)5-13-6-14-11/h2-6H,1H3. The summed E-state index contributed by atoms with van der Waals surface area (Å²) < 4.78 is 10.9. The van der Waals surface area contributed by atoms with Crippen molar-refractivity contribution in [1.82, 2.24) is 9.97 Å². The molecule has 0 unspecified atom stereocenters. The number of nitrogens with zero attached hydrogens (tertiary/aromatic N) is 3. The maximum absolute atomic E-state index is 10.9. The van der Waals surface area contributed by atoms with E-state index in [0.717, 1.165) is 0 Å². The SMILES string of the molecule is COc1ccc(Oc2ncncc2Br)cc1[N+](=O)[O-]. The van der Waals surface area contributed by atoms with E-state index in [1.165, 1.54) is 31.8 Å². The molecule has 0 bridgehead atoms. The summed E-state index contributed by atoms with van der Waals surface area (Å²) in [6.07, 6.45) is 2.83. The third-order valence-corrected chi connectivity index (χ3v) is 2.74. The lowest BCUT2D eigenvalue weighted by Gasteiger charge is -2.07. The van der Waals surface area contributed by atoms with Crippen molar-refractivity contribution in [3.8, 4) is 17.4 Å². The number of nitro groups is 1. The van der Waals surface area contributed by atoms with Crippen LogP contribution in [-0.4, -0.2) is 22.0 Å². The zero-order chi connectivity index (χ0) is 13.8. The van der Waals surface area contributed by atoms with Crippen molar-refractivity contribution in [1.29, 1.82) is 0 Å². The van der Waals surface area contributed by atoms with Crippen LogP contribution in [0, 0.1) is 10.1 Å². The minimum absolute atomic E-state index is 0.166. The van der Waals surface area contributed by atoms with Gasteiger partial charge in [-0.2, -0.15) is 0 Å². The molecule has 0 saturated carbocycles. The highest BCUT2D eigenvalue weighted by Gasteiger charge is 2.16. The van der Waals surface area contributed by atoms with Crippen molar-refractivity contribution < 1.29 is 14.4 Å². The van der Waals surface area contributed by atoms with Crippen LogP contribution in [-0.2, 0) is 0 Å². The molecule has 0 atom stereocenters. The van der Waals surface area contributed by atoms with E-state index in [2.05, 4.69) is 25.9 Å². The highest BCUT2D eigenvalue weighted by molar-refractivity contribution is 9.10. The second kappa shape index (κ2) is 5.61. The van der Waals surface area contributed by atoms with E-state index in [4.69, 9.17) is 9.47 Å². The first-order valence-corrected chi connectivity index (χ1v) is 5.87. The fraction of sp³-hybridized carbons (Fsp3) is 0.0909. The maximum Gasteiger partial charge on any atom is 0.314 e. The Morgan fingerprint density at radius 2 is 2.21 bits per heavy atom. The molecule has 1 aromatic heterocycles. The van der Waals surface area contributed by atoms with Crippen LogP contribution >= 0.6 is 15.9 Å². The summed E-state index contributed by atoms with van der Waals surface area (Å²) in [6.45, 7) is 0. The molecular weight excluding hydrogens is 318 g/mol. The number of nitro benzene ring substituents is 1. The van der Waals surface area contributed by atoms with E-state index in [1.54, 1.807) is 6.07 Å². The van der Waals surface area contributed by atoms with Gasteiger partial charge in [-0.05, 0) is 28.1 Å². The van der Waals surface area contributed by atoms with Crippen molar-refractivity contribution in [3.05, 3.63) is 45.3 Å². The van der Waals surface area contributed by atoms with Crippen molar-refractivity contribution in [3.63, 3.8) is 0 Å². The van der Waals surface area contributed by atoms with Gasteiger partial charge in [-0.1, -0.05) is 0 Å². The lowest BCUT2D eigenvalue weighted by molar-refractivity contribution is -0.385. The molecular formula is C11H8BrN3O4. The Balaban J connectivity index is 2.34. The monoisotopic (exact) mass is 325 g/mol. The van der Waals surface area contributed by atoms with Crippen LogP contribution in [0.4, 0.5) is 5.69 Å². The number of halogens is 1. The molecule has 7 nitrogen and oxygen atoms in total. The van der Waals surface area contributed by atoms with Gasteiger partial charge in [-0.25, -0.2) is 9.97 Å². The van der Waals surface area contributed by atoms with Crippen molar-refractivity contribution in [2.75, 3.05) is 7.11 Å². The molecule has 1 heterocycles. The molecule has 0 aliphatic carbocycles. The van der Waals surface area contributed by atoms with Crippen molar-refractivity contribution >= 4 is 21.6 Å². The molecule has 0 aliphatic heterocycles. The normalized spacial score (nSPS) is 10.0. The maximum atomic E-state index is 10.9. The number of methoxy groups -OCH3 is 1. The van der Waals surface area contributed by atoms with Crippen molar-refractivity contribution in [2.24, 2.45) is 0 Å². The first-order chi connectivity index (χ1) is 9.11. The molecule has 19 heavy (non-hydrogen) atoms. The quantitative estimate of drug-likeness (QED) is 0.634. The second-order valence-corrected chi connectivity index (χ2v) is 4.22. The molecule has 2 aromatic rings. The smallest absolute Gasteiger partial charge is 0.314 e. The molecule has 0 N–H and O–H groups in total. The Morgan fingerprint density at radius 3 is 2.84 bits per heavy atom. The van der Waals surface area contributed by atoms with Gasteiger partial charge in [0.05, 0.1) is 22.6 Å². The summed E-state index contributed by atoms with van der Waals surface area (Å²) in [5.74, 6) is 0.723. The van der Waals surface area contributed by atoms with Gasteiger partial charge in [0.2, 0.25) is 5.88 Å². The van der Waals surface area contributed by atoms with Gasteiger partial charge < -0.3 is 9.47 Å². The summed E-state index contributed by atoms with van der Waals surface area (Å²) >= 11 is 3.22. The second-order valence-electron chi connectivity index (χ2n) is 3.37. The average Bonchev–Trinajstić information content (AvgIpc) is 2.41. The van der Waals surface area contributed by atoms with Crippen LogP contribution in [0.3, 0.4) is 0 Å². The number of hydrogen-bond acceptors (Lipinski definition) is 6. The average molecular weight is 326 g/mol. The highest BCUT2D eigenvalue weighted by atomic mass is 79.9.